The molecule has 2 saturated heterocycles. The lowest BCUT2D eigenvalue weighted by molar-refractivity contribution is 0.113. The topological polar surface area (TPSA) is 52.7 Å². The maximum absolute atomic E-state index is 9.56. The van der Waals surface area contributed by atoms with Crippen LogP contribution in [0.1, 0.15) is 19.3 Å². The molecule has 0 aromatic rings. The van der Waals surface area contributed by atoms with Gasteiger partial charge >= 0.3 is 0 Å². The van der Waals surface area contributed by atoms with E-state index in [0.29, 0.717) is 6.54 Å². The Hall–Kier alpha value is -0.160. The molecule has 88 valence electrons. The van der Waals surface area contributed by atoms with Crippen molar-refractivity contribution in [1.29, 1.82) is 0 Å². The lowest BCUT2D eigenvalue weighted by Crippen LogP contribution is -2.41. The second-order valence-corrected chi connectivity index (χ2v) is 4.83. The summed E-state index contributed by atoms with van der Waals surface area (Å²) in [5.41, 5.74) is 5.45. The number of rotatable bonds is 3. The van der Waals surface area contributed by atoms with Crippen LogP contribution < -0.4 is 5.73 Å². The van der Waals surface area contributed by atoms with Gasteiger partial charge in [-0.25, -0.2) is 0 Å². The Morgan fingerprint density at radius 2 is 2.07 bits per heavy atom. The van der Waals surface area contributed by atoms with Crippen LogP contribution in [0.2, 0.25) is 0 Å². The van der Waals surface area contributed by atoms with Crippen LogP contribution >= 0.6 is 0 Å². The summed E-state index contributed by atoms with van der Waals surface area (Å²) in [5, 5.41) is 9.56. The van der Waals surface area contributed by atoms with Gasteiger partial charge in [0.25, 0.3) is 0 Å². The molecule has 2 aliphatic rings. The summed E-state index contributed by atoms with van der Waals surface area (Å²) in [6, 6.07) is 0.734. The molecule has 0 aliphatic carbocycles. The third kappa shape index (κ3) is 2.91. The van der Waals surface area contributed by atoms with Gasteiger partial charge in [0, 0.05) is 25.7 Å². The predicted octanol–water partition coefficient (Wildman–Crippen LogP) is -0.524. The van der Waals surface area contributed by atoms with Crippen molar-refractivity contribution in [3.63, 3.8) is 0 Å². The first-order chi connectivity index (χ1) is 7.29. The van der Waals surface area contributed by atoms with Gasteiger partial charge in [0.05, 0.1) is 6.10 Å². The average molecular weight is 213 g/mol. The molecule has 2 fully saturated rings. The Kier molecular flexibility index (Phi) is 3.97. The van der Waals surface area contributed by atoms with Crippen LogP contribution in [0.3, 0.4) is 0 Å². The van der Waals surface area contributed by atoms with E-state index in [9.17, 15) is 5.11 Å². The number of aliphatic hydroxyl groups is 1. The zero-order valence-electron chi connectivity index (χ0n) is 9.44. The van der Waals surface area contributed by atoms with Crippen LogP contribution in [-0.4, -0.2) is 66.3 Å². The number of nitrogens with zero attached hydrogens (tertiary/aromatic N) is 2. The van der Waals surface area contributed by atoms with Gasteiger partial charge in [0.15, 0.2) is 0 Å². The third-order valence-corrected chi connectivity index (χ3v) is 3.63. The van der Waals surface area contributed by atoms with Gasteiger partial charge < -0.3 is 10.8 Å². The minimum Gasteiger partial charge on any atom is -0.390 e. The Morgan fingerprint density at radius 3 is 2.87 bits per heavy atom. The summed E-state index contributed by atoms with van der Waals surface area (Å²) in [6.07, 6.45) is 3.55. The van der Waals surface area contributed by atoms with E-state index in [1.54, 1.807) is 0 Å². The quantitative estimate of drug-likeness (QED) is 0.662. The Labute approximate surface area is 92.0 Å². The van der Waals surface area contributed by atoms with Crippen LogP contribution in [0, 0.1) is 0 Å². The predicted molar refractivity (Wildman–Crippen MR) is 60.7 cm³/mol. The number of nitrogens with two attached hydrogens (primary N) is 1. The van der Waals surface area contributed by atoms with Gasteiger partial charge in [-0.15, -0.1) is 0 Å². The lowest BCUT2D eigenvalue weighted by Gasteiger charge is -2.26. The Bertz CT molecular complexity index is 200. The van der Waals surface area contributed by atoms with E-state index in [1.165, 1.54) is 32.4 Å². The van der Waals surface area contributed by atoms with Gasteiger partial charge in [-0.1, -0.05) is 0 Å². The molecule has 0 amide bonds. The fourth-order valence-corrected chi connectivity index (χ4v) is 2.82. The zero-order valence-corrected chi connectivity index (χ0v) is 9.44. The molecule has 0 aromatic carbocycles. The van der Waals surface area contributed by atoms with Gasteiger partial charge in [-0.2, -0.15) is 0 Å². The van der Waals surface area contributed by atoms with E-state index in [0.717, 1.165) is 25.7 Å². The molecular weight excluding hydrogens is 190 g/mol. The smallest absolute Gasteiger partial charge is 0.0789 e. The van der Waals surface area contributed by atoms with Crippen molar-refractivity contribution >= 4 is 0 Å². The van der Waals surface area contributed by atoms with Crippen molar-refractivity contribution in [3.8, 4) is 0 Å². The summed E-state index contributed by atoms with van der Waals surface area (Å²) in [5.74, 6) is 0. The normalized spacial score (nSPS) is 31.2. The minimum absolute atomic E-state index is 0.349. The highest BCUT2D eigenvalue weighted by Crippen LogP contribution is 2.21. The highest BCUT2D eigenvalue weighted by molar-refractivity contribution is 4.85. The van der Waals surface area contributed by atoms with Crippen molar-refractivity contribution in [1.82, 2.24) is 9.80 Å². The molecule has 0 bridgehead atoms. The molecule has 0 aromatic heterocycles. The Balaban J connectivity index is 1.85. The second kappa shape index (κ2) is 5.25. The molecule has 15 heavy (non-hydrogen) atoms. The van der Waals surface area contributed by atoms with Crippen molar-refractivity contribution < 1.29 is 5.11 Å². The third-order valence-electron chi connectivity index (χ3n) is 3.63. The van der Waals surface area contributed by atoms with Crippen LogP contribution in [0.4, 0.5) is 0 Å². The van der Waals surface area contributed by atoms with Gasteiger partial charge in [-0.3, -0.25) is 9.80 Å². The molecule has 2 unspecified atom stereocenters. The highest BCUT2D eigenvalue weighted by Gasteiger charge is 2.28. The van der Waals surface area contributed by atoms with Crippen molar-refractivity contribution in [3.05, 3.63) is 0 Å². The standard InChI is InChI=1S/C11H23N3O/c12-7-11(15)9-13-4-2-6-14-5-1-3-10(14)8-13/h10-11,15H,1-9,12H2. The molecule has 4 heteroatoms. The van der Waals surface area contributed by atoms with E-state index in [-0.39, 0.29) is 6.10 Å². The summed E-state index contributed by atoms with van der Waals surface area (Å²) >= 11 is 0. The molecular formula is C11H23N3O. The van der Waals surface area contributed by atoms with Crippen molar-refractivity contribution in [2.24, 2.45) is 5.73 Å². The fourth-order valence-electron chi connectivity index (χ4n) is 2.82. The molecule has 3 N–H and O–H groups in total. The maximum Gasteiger partial charge on any atom is 0.0789 e. The van der Waals surface area contributed by atoms with Crippen LogP contribution in [0.15, 0.2) is 0 Å². The summed E-state index contributed by atoms with van der Waals surface area (Å²) in [4.78, 5) is 4.99. The number of aliphatic hydroxyl groups excluding tert-OH is 1. The minimum atomic E-state index is -0.349. The van der Waals surface area contributed by atoms with Gasteiger partial charge in [0.2, 0.25) is 0 Å². The first-order valence-corrected chi connectivity index (χ1v) is 6.14. The molecule has 0 spiro atoms. The van der Waals surface area contributed by atoms with E-state index < -0.39 is 0 Å². The van der Waals surface area contributed by atoms with Crippen LogP contribution in [0.5, 0.6) is 0 Å². The van der Waals surface area contributed by atoms with E-state index >= 15 is 0 Å². The van der Waals surface area contributed by atoms with E-state index in [2.05, 4.69) is 9.80 Å². The largest absolute Gasteiger partial charge is 0.390 e. The molecule has 2 heterocycles. The molecule has 0 radical (unpaired) electrons. The number of β-amino-alcohol motifs (C(OH)–C–C–N with tert-alkyl or cyclic N) is 1. The first kappa shape index (κ1) is 11.3. The summed E-state index contributed by atoms with van der Waals surface area (Å²) < 4.78 is 0. The molecule has 2 aliphatic heterocycles. The van der Waals surface area contributed by atoms with E-state index in [4.69, 9.17) is 5.73 Å². The maximum atomic E-state index is 9.56. The van der Waals surface area contributed by atoms with Crippen LogP contribution in [0.25, 0.3) is 0 Å². The zero-order chi connectivity index (χ0) is 10.7. The highest BCUT2D eigenvalue weighted by atomic mass is 16.3. The second-order valence-electron chi connectivity index (χ2n) is 4.83. The number of hydrogen-bond donors (Lipinski definition) is 2. The summed E-state index contributed by atoms with van der Waals surface area (Å²) in [6.45, 7) is 5.88. The average Bonchev–Trinajstić information content (AvgIpc) is 2.58. The molecule has 2 rings (SSSR count). The number of hydrogen-bond acceptors (Lipinski definition) is 4. The van der Waals surface area contributed by atoms with Gasteiger partial charge in [0.1, 0.15) is 0 Å². The van der Waals surface area contributed by atoms with Crippen LogP contribution in [-0.2, 0) is 0 Å². The monoisotopic (exact) mass is 213 g/mol. The Morgan fingerprint density at radius 1 is 1.27 bits per heavy atom. The molecule has 4 nitrogen and oxygen atoms in total. The summed E-state index contributed by atoms with van der Waals surface area (Å²) in [7, 11) is 0. The lowest BCUT2D eigenvalue weighted by atomic mass is 10.2. The van der Waals surface area contributed by atoms with Gasteiger partial charge in [-0.05, 0) is 38.9 Å². The van der Waals surface area contributed by atoms with Crippen molar-refractivity contribution in [2.75, 3.05) is 39.3 Å². The number of fused-ring (bicyclic) bond motifs is 1. The molecule has 0 saturated carbocycles. The molecule has 2 atom stereocenters. The first-order valence-electron chi connectivity index (χ1n) is 6.14. The van der Waals surface area contributed by atoms with Crippen molar-refractivity contribution in [2.45, 2.75) is 31.4 Å². The van der Waals surface area contributed by atoms with E-state index in [1.807, 2.05) is 0 Å². The fraction of sp³-hybridized carbons (Fsp3) is 1.00. The SMILES string of the molecule is NCC(O)CN1CCCN2CCCC2C1.